The van der Waals surface area contributed by atoms with Crippen molar-refractivity contribution in [1.82, 2.24) is 14.3 Å². The van der Waals surface area contributed by atoms with Crippen molar-refractivity contribution in [3.05, 3.63) is 0 Å². The molecule has 1 heterocycles. The third kappa shape index (κ3) is 6.21. The lowest BCUT2D eigenvalue weighted by Gasteiger charge is -2.32. The van der Waals surface area contributed by atoms with Crippen LogP contribution in [0, 0.1) is 11.8 Å². The molecule has 1 atom stereocenters. The van der Waals surface area contributed by atoms with Gasteiger partial charge in [0.2, 0.25) is 0 Å². The summed E-state index contributed by atoms with van der Waals surface area (Å²) < 4.78 is 28.6. The standard InChI is InChI=1S/C13H29N3O2S/c1-11(2)8-15-19(17,18)16-7-5-6-13(10-16)9-14-12(3)4/h11-15H,5-10H2,1-4H3. The minimum Gasteiger partial charge on any atom is -0.314 e. The molecule has 0 amide bonds. The predicted molar refractivity (Wildman–Crippen MR) is 79.2 cm³/mol. The lowest BCUT2D eigenvalue weighted by molar-refractivity contribution is 0.254. The predicted octanol–water partition coefficient (Wildman–Crippen LogP) is 1.19. The number of piperidine rings is 1. The van der Waals surface area contributed by atoms with Crippen LogP contribution in [-0.2, 0) is 10.2 Å². The molecule has 1 aliphatic rings. The van der Waals surface area contributed by atoms with Crippen LogP contribution in [0.2, 0.25) is 0 Å². The molecule has 2 N–H and O–H groups in total. The molecule has 0 spiro atoms. The van der Waals surface area contributed by atoms with E-state index >= 15 is 0 Å². The Hall–Kier alpha value is -0.170. The second-order valence-corrected chi connectivity index (χ2v) is 7.93. The van der Waals surface area contributed by atoms with Gasteiger partial charge < -0.3 is 5.32 Å². The van der Waals surface area contributed by atoms with Crippen LogP contribution in [-0.4, -0.2) is 44.9 Å². The van der Waals surface area contributed by atoms with Gasteiger partial charge >= 0.3 is 0 Å². The smallest absolute Gasteiger partial charge is 0.279 e. The Morgan fingerprint density at radius 1 is 1.26 bits per heavy atom. The first kappa shape index (κ1) is 16.9. The van der Waals surface area contributed by atoms with Crippen molar-refractivity contribution >= 4 is 10.2 Å². The van der Waals surface area contributed by atoms with Crippen molar-refractivity contribution in [1.29, 1.82) is 0 Å². The van der Waals surface area contributed by atoms with Crippen LogP contribution in [0.5, 0.6) is 0 Å². The fraction of sp³-hybridized carbons (Fsp3) is 1.00. The first-order valence-electron chi connectivity index (χ1n) is 7.29. The molecular weight excluding hydrogens is 262 g/mol. The minimum atomic E-state index is -3.29. The van der Waals surface area contributed by atoms with E-state index in [1.807, 2.05) is 13.8 Å². The summed E-state index contributed by atoms with van der Waals surface area (Å²) in [6.07, 6.45) is 2.06. The normalized spacial score (nSPS) is 22.3. The van der Waals surface area contributed by atoms with E-state index in [1.165, 1.54) is 0 Å². The summed E-state index contributed by atoms with van der Waals surface area (Å²) in [5.41, 5.74) is 0. The molecule has 1 unspecified atom stereocenters. The quantitative estimate of drug-likeness (QED) is 0.740. The zero-order chi connectivity index (χ0) is 14.5. The van der Waals surface area contributed by atoms with Crippen molar-refractivity contribution in [2.75, 3.05) is 26.2 Å². The Morgan fingerprint density at radius 2 is 1.95 bits per heavy atom. The molecule has 0 aromatic rings. The van der Waals surface area contributed by atoms with Crippen molar-refractivity contribution in [3.63, 3.8) is 0 Å². The molecule has 6 heteroatoms. The number of nitrogens with one attached hydrogen (secondary N) is 2. The average Bonchev–Trinajstić information content (AvgIpc) is 2.34. The van der Waals surface area contributed by atoms with Gasteiger partial charge in [-0.1, -0.05) is 27.7 Å². The van der Waals surface area contributed by atoms with Crippen LogP contribution in [0.25, 0.3) is 0 Å². The summed E-state index contributed by atoms with van der Waals surface area (Å²) in [5, 5.41) is 3.40. The topological polar surface area (TPSA) is 61.4 Å². The lowest BCUT2D eigenvalue weighted by atomic mass is 9.99. The first-order chi connectivity index (χ1) is 8.81. The lowest BCUT2D eigenvalue weighted by Crippen LogP contribution is -2.48. The van der Waals surface area contributed by atoms with Gasteiger partial charge in [0.15, 0.2) is 0 Å². The van der Waals surface area contributed by atoms with Crippen molar-refractivity contribution in [2.45, 2.75) is 46.6 Å². The summed E-state index contributed by atoms with van der Waals surface area (Å²) in [6.45, 7) is 10.9. The Kier molecular flexibility index (Phi) is 6.73. The van der Waals surface area contributed by atoms with Crippen LogP contribution in [0.3, 0.4) is 0 Å². The molecule has 0 aliphatic carbocycles. The molecule has 114 valence electrons. The van der Waals surface area contributed by atoms with Gasteiger partial charge in [-0.3, -0.25) is 0 Å². The number of hydrogen-bond donors (Lipinski definition) is 2. The fourth-order valence-corrected chi connectivity index (χ4v) is 3.68. The maximum atomic E-state index is 12.2. The van der Waals surface area contributed by atoms with Gasteiger partial charge in [0.05, 0.1) is 0 Å². The number of hydrogen-bond acceptors (Lipinski definition) is 3. The monoisotopic (exact) mass is 291 g/mol. The Labute approximate surface area is 118 Å². The largest absolute Gasteiger partial charge is 0.314 e. The Bertz CT molecular complexity index is 355. The van der Waals surface area contributed by atoms with Gasteiger partial charge in [-0.15, -0.1) is 0 Å². The highest BCUT2D eigenvalue weighted by atomic mass is 32.2. The number of rotatable bonds is 7. The summed E-state index contributed by atoms with van der Waals surface area (Å²) in [4.78, 5) is 0. The highest BCUT2D eigenvalue weighted by molar-refractivity contribution is 7.87. The van der Waals surface area contributed by atoms with E-state index in [-0.39, 0.29) is 0 Å². The second-order valence-electron chi connectivity index (χ2n) is 6.18. The van der Waals surface area contributed by atoms with E-state index in [9.17, 15) is 8.42 Å². The van der Waals surface area contributed by atoms with Gasteiger partial charge in [0, 0.05) is 25.7 Å². The highest BCUT2D eigenvalue weighted by Crippen LogP contribution is 2.18. The third-order valence-electron chi connectivity index (χ3n) is 3.31. The van der Waals surface area contributed by atoms with Crippen LogP contribution < -0.4 is 10.0 Å². The first-order valence-corrected chi connectivity index (χ1v) is 8.73. The van der Waals surface area contributed by atoms with Crippen molar-refractivity contribution in [3.8, 4) is 0 Å². The molecule has 5 nitrogen and oxygen atoms in total. The van der Waals surface area contributed by atoms with E-state index < -0.39 is 10.2 Å². The Morgan fingerprint density at radius 3 is 2.53 bits per heavy atom. The van der Waals surface area contributed by atoms with Crippen LogP contribution in [0.1, 0.15) is 40.5 Å². The van der Waals surface area contributed by atoms with E-state index in [0.29, 0.717) is 37.5 Å². The van der Waals surface area contributed by atoms with Crippen LogP contribution in [0.4, 0.5) is 0 Å². The molecule has 0 saturated carbocycles. The highest BCUT2D eigenvalue weighted by Gasteiger charge is 2.28. The minimum absolute atomic E-state index is 0.331. The maximum absolute atomic E-state index is 12.2. The van der Waals surface area contributed by atoms with E-state index in [1.54, 1.807) is 4.31 Å². The number of nitrogens with zero attached hydrogens (tertiary/aromatic N) is 1. The second kappa shape index (κ2) is 7.57. The average molecular weight is 291 g/mol. The molecule has 0 aromatic carbocycles. The van der Waals surface area contributed by atoms with Gasteiger partial charge in [-0.2, -0.15) is 12.7 Å². The third-order valence-corrected chi connectivity index (χ3v) is 4.85. The molecule has 0 bridgehead atoms. The zero-order valence-electron chi connectivity index (χ0n) is 12.6. The Balaban J connectivity index is 2.49. The summed E-state index contributed by atoms with van der Waals surface area (Å²) in [7, 11) is -3.29. The van der Waals surface area contributed by atoms with Crippen LogP contribution in [0.15, 0.2) is 0 Å². The SMILES string of the molecule is CC(C)CNS(=O)(=O)N1CCCC(CNC(C)C)C1. The molecule has 19 heavy (non-hydrogen) atoms. The van der Waals surface area contributed by atoms with Gasteiger partial charge in [0.1, 0.15) is 0 Å². The fourth-order valence-electron chi connectivity index (χ4n) is 2.18. The molecule has 1 aliphatic heterocycles. The van der Waals surface area contributed by atoms with E-state index in [4.69, 9.17) is 0 Å². The van der Waals surface area contributed by atoms with E-state index in [2.05, 4.69) is 23.9 Å². The molecule has 0 aromatic heterocycles. The van der Waals surface area contributed by atoms with Gasteiger partial charge in [-0.05, 0) is 31.2 Å². The van der Waals surface area contributed by atoms with Crippen molar-refractivity contribution < 1.29 is 8.42 Å². The molecule has 1 saturated heterocycles. The van der Waals surface area contributed by atoms with Gasteiger partial charge in [-0.25, -0.2) is 4.72 Å². The maximum Gasteiger partial charge on any atom is 0.279 e. The molecular formula is C13H29N3O2S. The van der Waals surface area contributed by atoms with E-state index in [0.717, 1.165) is 19.4 Å². The summed E-state index contributed by atoms with van der Waals surface area (Å²) >= 11 is 0. The summed E-state index contributed by atoms with van der Waals surface area (Å²) in [5.74, 6) is 0.754. The van der Waals surface area contributed by atoms with Gasteiger partial charge in [0.25, 0.3) is 10.2 Å². The summed E-state index contributed by atoms with van der Waals surface area (Å²) in [6, 6.07) is 0.450. The molecule has 0 radical (unpaired) electrons. The van der Waals surface area contributed by atoms with Crippen LogP contribution >= 0.6 is 0 Å². The molecule has 1 fully saturated rings. The van der Waals surface area contributed by atoms with Crippen molar-refractivity contribution in [2.24, 2.45) is 11.8 Å². The zero-order valence-corrected chi connectivity index (χ0v) is 13.5. The molecule has 1 rings (SSSR count).